The number of fused-ring (bicyclic) bond motifs is 2. The summed E-state index contributed by atoms with van der Waals surface area (Å²) in [6.07, 6.45) is 9.12. The molecule has 2 aliphatic carbocycles. The molecule has 5 heteroatoms. The third kappa shape index (κ3) is 2.31. The van der Waals surface area contributed by atoms with Crippen LogP contribution in [0.15, 0.2) is 0 Å². The first-order chi connectivity index (χ1) is 11.3. The Morgan fingerprint density at radius 3 is 2.65 bits per heavy atom. The van der Waals surface area contributed by atoms with Gasteiger partial charge in [0.25, 0.3) is 0 Å². The standard InChI is InChI=1S/C18H29NO4/c1-2-5-17(4-1)15(14-3-8-21-16(14)17)19-11-13-12-22-18(23-13)6-9-20-10-7-18/h13-16,19H,1-12H2/t13?,14-,15?,16-/m1/s1. The van der Waals surface area contributed by atoms with Crippen LogP contribution < -0.4 is 5.32 Å². The Morgan fingerprint density at radius 2 is 1.83 bits per heavy atom. The molecule has 5 fully saturated rings. The summed E-state index contributed by atoms with van der Waals surface area (Å²) in [7, 11) is 0. The number of rotatable bonds is 3. The fraction of sp³-hybridized carbons (Fsp3) is 1.00. The van der Waals surface area contributed by atoms with Crippen LogP contribution in [0.3, 0.4) is 0 Å². The Balaban J connectivity index is 1.20. The van der Waals surface area contributed by atoms with Crippen LogP contribution in [0.2, 0.25) is 0 Å². The minimum Gasteiger partial charge on any atom is -0.381 e. The van der Waals surface area contributed by atoms with E-state index in [-0.39, 0.29) is 11.9 Å². The van der Waals surface area contributed by atoms with Crippen LogP contribution in [-0.4, -0.2) is 57.0 Å². The fourth-order valence-corrected chi connectivity index (χ4v) is 5.93. The van der Waals surface area contributed by atoms with E-state index >= 15 is 0 Å². The maximum atomic E-state index is 6.28. The SMILES string of the molecule is C1CCC2(C1)C(NCC1COC3(CCOCC3)O1)[C@H]1CCO[C@H]12. The molecule has 0 amide bonds. The molecule has 2 spiro atoms. The smallest absolute Gasteiger partial charge is 0.173 e. The maximum Gasteiger partial charge on any atom is 0.173 e. The number of nitrogens with one attached hydrogen (secondary N) is 1. The van der Waals surface area contributed by atoms with Crippen molar-refractivity contribution in [3.05, 3.63) is 0 Å². The van der Waals surface area contributed by atoms with Gasteiger partial charge in [-0.15, -0.1) is 0 Å². The minimum absolute atomic E-state index is 0.188. The van der Waals surface area contributed by atoms with Crippen molar-refractivity contribution in [2.24, 2.45) is 11.3 Å². The van der Waals surface area contributed by atoms with Crippen LogP contribution in [0.4, 0.5) is 0 Å². The molecule has 1 N–H and O–H groups in total. The quantitative estimate of drug-likeness (QED) is 0.859. The lowest BCUT2D eigenvalue weighted by atomic mass is 9.54. The highest BCUT2D eigenvalue weighted by molar-refractivity contribution is 5.16. The number of ether oxygens (including phenoxy) is 4. The predicted octanol–water partition coefficient (Wildman–Crippen LogP) is 1.85. The molecule has 3 heterocycles. The van der Waals surface area contributed by atoms with Gasteiger partial charge in [-0.3, -0.25) is 0 Å². The third-order valence-electron chi connectivity index (χ3n) is 7.02. The summed E-state index contributed by atoms with van der Waals surface area (Å²) in [5.41, 5.74) is 0.428. The molecular weight excluding hydrogens is 294 g/mol. The van der Waals surface area contributed by atoms with E-state index < -0.39 is 0 Å². The normalized spacial score (nSPS) is 43.8. The van der Waals surface area contributed by atoms with E-state index in [1.165, 1.54) is 32.1 Å². The molecule has 2 saturated carbocycles. The maximum absolute atomic E-state index is 6.28. The van der Waals surface area contributed by atoms with Crippen molar-refractivity contribution in [2.75, 3.05) is 33.0 Å². The summed E-state index contributed by atoms with van der Waals surface area (Å²) in [5.74, 6) is 0.376. The van der Waals surface area contributed by atoms with E-state index in [1.807, 2.05) is 0 Å². The average molecular weight is 323 g/mol. The average Bonchev–Trinajstić information content (AvgIpc) is 3.28. The van der Waals surface area contributed by atoms with Crippen molar-refractivity contribution in [2.45, 2.75) is 69.0 Å². The Hall–Kier alpha value is -0.200. The molecule has 5 rings (SSSR count). The van der Waals surface area contributed by atoms with E-state index in [4.69, 9.17) is 18.9 Å². The second-order valence-electron chi connectivity index (χ2n) is 8.14. The van der Waals surface area contributed by atoms with Gasteiger partial charge in [-0.2, -0.15) is 0 Å². The molecule has 4 atom stereocenters. The zero-order valence-electron chi connectivity index (χ0n) is 13.9. The molecule has 130 valence electrons. The highest BCUT2D eigenvalue weighted by Gasteiger charge is 2.64. The number of hydrogen-bond donors (Lipinski definition) is 1. The predicted molar refractivity (Wildman–Crippen MR) is 84.1 cm³/mol. The summed E-state index contributed by atoms with van der Waals surface area (Å²) >= 11 is 0. The van der Waals surface area contributed by atoms with Crippen LogP contribution in [0.5, 0.6) is 0 Å². The first-order valence-electron chi connectivity index (χ1n) is 9.56. The van der Waals surface area contributed by atoms with Crippen LogP contribution in [0.25, 0.3) is 0 Å². The summed E-state index contributed by atoms with van der Waals surface area (Å²) in [6, 6.07) is 0.632. The van der Waals surface area contributed by atoms with Gasteiger partial charge in [0.05, 0.1) is 32.0 Å². The highest BCUT2D eigenvalue weighted by atomic mass is 16.7. The summed E-state index contributed by atoms with van der Waals surface area (Å²) in [4.78, 5) is 0. The van der Waals surface area contributed by atoms with Crippen LogP contribution >= 0.6 is 0 Å². The lowest BCUT2D eigenvalue weighted by Gasteiger charge is -2.57. The number of hydrogen-bond acceptors (Lipinski definition) is 5. The van der Waals surface area contributed by atoms with Crippen molar-refractivity contribution in [1.29, 1.82) is 0 Å². The second kappa shape index (κ2) is 5.67. The van der Waals surface area contributed by atoms with Crippen molar-refractivity contribution < 1.29 is 18.9 Å². The molecule has 0 radical (unpaired) electrons. The molecule has 5 aliphatic rings. The minimum atomic E-state index is -0.353. The molecular formula is C18H29NO4. The van der Waals surface area contributed by atoms with Gasteiger partial charge < -0.3 is 24.3 Å². The van der Waals surface area contributed by atoms with Gasteiger partial charge in [-0.1, -0.05) is 12.8 Å². The van der Waals surface area contributed by atoms with Crippen molar-refractivity contribution in [3.8, 4) is 0 Å². The molecule has 2 unspecified atom stereocenters. The molecule has 0 aromatic rings. The van der Waals surface area contributed by atoms with Gasteiger partial charge in [0.15, 0.2) is 5.79 Å². The van der Waals surface area contributed by atoms with Gasteiger partial charge in [0.1, 0.15) is 0 Å². The van der Waals surface area contributed by atoms with Crippen LogP contribution in [0.1, 0.15) is 44.9 Å². The third-order valence-corrected chi connectivity index (χ3v) is 7.02. The molecule has 0 aromatic carbocycles. The van der Waals surface area contributed by atoms with Crippen molar-refractivity contribution in [1.82, 2.24) is 5.32 Å². The molecule has 0 aromatic heterocycles. The zero-order chi connectivity index (χ0) is 15.3. The summed E-state index contributed by atoms with van der Waals surface area (Å²) in [5, 5.41) is 3.87. The fourth-order valence-electron chi connectivity index (χ4n) is 5.93. The largest absolute Gasteiger partial charge is 0.381 e. The monoisotopic (exact) mass is 323 g/mol. The Bertz CT molecular complexity index is 444. The van der Waals surface area contributed by atoms with Gasteiger partial charge in [-0.25, -0.2) is 0 Å². The van der Waals surface area contributed by atoms with Crippen LogP contribution in [0, 0.1) is 11.3 Å². The van der Waals surface area contributed by atoms with Crippen molar-refractivity contribution in [3.63, 3.8) is 0 Å². The lowest BCUT2D eigenvalue weighted by Crippen LogP contribution is -2.68. The molecule has 3 aliphatic heterocycles. The Morgan fingerprint density at radius 1 is 1.00 bits per heavy atom. The Labute approximate surface area is 138 Å². The zero-order valence-corrected chi connectivity index (χ0v) is 13.9. The Kier molecular flexibility index (Phi) is 3.72. The summed E-state index contributed by atoms with van der Waals surface area (Å²) < 4.78 is 23.8. The first kappa shape index (κ1) is 15.1. The highest BCUT2D eigenvalue weighted by Crippen LogP contribution is 2.60. The van der Waals surface area contributed by atoms with Gasteiger partial charge in [-0.05, 0) is 19.3 Å². The van der Waals surface area contributed by atoms with E-state index in [1.54, 1.807) is 0 Å². The van der Waals surface area contributed by atoms with E-state index in [2.05, 4.69) is 5.32 Å². The molecule has 23 heavy (non-hydrogen) atoms. The van der Waals surface area contributed by atoms with Crippen LogP contribution in [-0.2, 0) is 18.9 Å². The van der Waals surface area contributed by atoms with Gasteiger partial charge >= 0.3 is 0 Å². The van der Waals surface area contributed by atoms with Crippen molar-refractivity contribution >= 4 is 0 Å². The molecule has 5 nitrogen and oxygen atoms in total. The van der Waals surface area contributed by atoms with Gasteiger partial charge in [0, 0.05) is 43.4 Å². The topological polar surface area (TPSA) is 49.0 Å². The summed E-state index contributed by atoms with van der Waals surface area (Å²) in [6.45, 7) is 4.11. The van der Waals surface area contributed by atoms with Gasteiger partial charge in [0.2, 0.25) is 0 Å². The van der Waals surface area contributed by atoms with E-state index in [0.717, 1.165) is 51.7 Å². The first-order valence-corrected chi connectivity index (χ1v) is 9.56. The van der Waals surface area contributed by atoms with E-state index in [9.17, 15) is 0 Å². The molecule has 0 bridgehead atoms. The lowest BCUT2D eigenvalue weighted by molar-refractivity contribution is -0.211. The van der Waals surface area contributed by atoms with E-state index in [0.29, 0.717) is 17.6 Å². The molecule has 3 saturated heterocycles. The second-order valence-corrected chi connectivity index (χ2v) is 8.14.